The maximum Gasteiger partial charge on any atom is 0.136 e. The first-order valence-corrected chi connectivity index (χ1v) is 7.61. The Morgan fingerprint density at radius 2 is 1.85 bits per heavy atom. The number of nitrogens with zero attached hydrogens (tertiary/aromatic N) is 2. The van der Waals surface area contributed by atoms with Crippen molar-refractivity contribution in [3.8, 4) is 0 Å². The van der Waals surface area contributed by atoms with Gasteiger partial charge in [0, 0.05) is 38.3 Å². The molecule has 1 aromatic heterocycles. The number of hydrogen-bond donors (Lipinski definition) is 2. The summed E-state index contributed by atoms with van der Waals surface area (Å²) in [5.41, 5.74) is 1.11. The van der Waals surface area contributed by atoms with E-state index in [1.807, 2.05) is 0 Å². The highest BCUT2D eigenvalue weighted by Gasteiger charge is 2.28. The van der Waals surface area contributed by atoms with Gasteiger partial charge in [0.2, 0.25) is 0 Å². The van der Waals surface area contributed by atoms with E-state index >= 15 is 0 Å². The Kier molecular flexibility index (Phi) is 5.59. The van der Waals surface area contributed by atoms with Crippen molar-refractivity contribution in [3.05, 3.63) is 11.4 Å². The number of hydrogen-bond acceptors (Lipinski definition) is 5. The number of ether oxygens (including phenoxy) is 1. The molecule has 0 bridgehead atoms. The summed E-state index contributed by atoms with van der Waals surface area (Å²) >= 11 is 0. The molecular weight excluding hydrogens is 252 g/mol. The fourth-order valence-corrected chi connectivity index (χ4v) is 2.15. The van der Waals surface area contributed by atoms with Crippen LogP contribution in [0, 0.1) is 6.92 Å². The van der Waals surface area contributed by atoms with Crippen molar-refractivity contribution < 1.29 is 4.74 Å². The van der Waals surface area contributed by atoms with Crippen LogP contribution in [0.5, 0.6) is 0 Å². The number of methoxy groups -OCH3 is 1. The van der Waals surface area contributed by atoms with E-state index in [-0.39, 0.29) is 0 Å². The minimum atomic E-state index is 0.571. The highest BCUT2D eigenvalue weighted by molar-refractivity contribution is 5.57. The molecule has 1 saturated carbocycles. The maximum absolute atomic E-state index is 5.06. The fourth-order valence-electron chi connectivity index (χ4n) is 2.15. The SMILES string of the molecule is CCNc1nc(C2CC2)nc(NCCCCOC)c1C. The van der Waals surface area contributed by atoms with Gasteiger partial charge in [-0.1, -0.05) is 0 Å². The van der Waals surface area contributed by atoms with Crippen LogP contribution in [0.1, 0.15) is 49.9 Å². The summed E-state index contributed by atoms with van der Waals surface area (Å²) in [6.45, 7) is 6.80. The van der Waals surface area contributed by atoms with Crippen molar-refractivity contribution in [2.24, 2.45) is 0 Å². The van der Waals surface area contributed by atoms with Crippen LogP contribution in [-0.2, 0) is 4.74 Å². The third-order valence-corrected chi connectivity index (χ3v) is 3.52. The Bertz CT molecular complexity index is 432. The van der Waals surface area contributed by atoms with Crippen LogP contribution in [0.25, 0.3) is 0 Å². The van der Waals surface area contributed by atoms with Crippen molar-refractivity contribution in [1.29, 1.82) is 0 Å². The van der Waals surface area contributed by atoms with Gasteiger partial charge in [-0.15, -0.1) is 0 Å². The Morgan fingerprint density at radius 1 is 1.15 bits per heavy atom. The van der Waals surface area contributed by atoms with Crippen molar-refractivity contribution in [3.63, 3.8) is 0 Å². The molecule has 112 valence electrons. The van der Waals surface area contributed by atoms with E-state index in [9.17, 15) is 0 Å². The zero-order valence-corrected chi connectivity index (χ0v) is 12.8. The molecule has 1 aliphatic rings. The minimum Gasteiger partial charge on any atom is -0.385 e. The second-order valence-electron chi connectivity index (χ2n) is 5.34. The third-order valence-electron chi connectivity index (χ3n) is 3.52. The van der Waals surface area contributed by atoms with E-state index in [0.717, 1.165) is 55.6 Å². The lowest BCUT2D eigenvalue weighted by Crippen LogP contribution is -2.12. The summed E-state index contributed by atoms with van der Waals surface area (Å²) in [4.78, 5) is 9.36. The topological polar surface area (TPSA) is 59.1 Å². The Labute approximate surface area is 121 Å². The molecule has 2 rings (SSSR count). The lowest BCUT2D eigenvalue weighted by atomic mass is 10.2. The lowest BCUT2D eigenvalue weighted by molar-refractivity contribution is 0.194. The molecule has 5 nitrogen and oxygen atoms in total. The van der Waals surface area contributed by atoms with Crippen LogP contribution in [0.15, 0.2) is 0 Å². The summed E-state index contributed by atoms with van der Waals surface area (Å²) in [5, 5.41) is 6.79. The summed E-state index contributed by atoms with van der Waals surface area (Å²) in [6, 6.07) is 0. The average Bonchev–Trinajstić information content (AvgIpc) is 3.27. The molecule has 2 N–H and O–H groups in total. The van der Waals surface area contributed by atoms with Crippen LogP contribution < -0.4 is 10.6 Å². The molecule has 0 aliphatic heterocycles. The average molecular weight is 278 g/mol. The molecule has 0 aromatic carbocycles. The monoisotopic (exact) mass is 278 g/mol. The molecule has 0 radical (unpaired) electrons. The zero-order chi connectivity index (χ0) is 14.4. The maximum atomic E-state index is 5.06. The van der Waals surface area contributed by atoms with Crippen molar-refractivity contribution in [2.45, 2.75) is 45.4 Å². The molecule has 0 unspecified atom stereocenters. The molecule has 0 spiro atoms. The molecule has 0 saturated heterocycles. The van der Waals surface area contributed by atoms with Crippen LogP contribution in [0.3, 0.4) is 0 Å². The number of rotatable bonds is 9. The largest absolute Gasteiger partial charge is 0.385 e. The summed E-state index contributed by atoms with van der Waals surface area (Å²) in [7, 11) is 1.74. The Hall–Kier alpha value is -1.36. The number of anilines is 2. The first-order valence-electron chi connectivity index (χ1n) is 7.61. The summed E-state index contributed by atoms with van der Waals surface area (Å²) in [6.07, 6.45) is 4.61. The number of aromatic nitrogens is 2. The van der Waals surface area contributed by atoms with Gasteiger partial charge in [-0.25, -0.2) is 9.97 Å². The van der Waals surface area contributed by atoms with Crippen LogP contribution >= 0.6 is 0 Å². The van der Waals surface area contributed by atoms with Crippen LogP contribution in [-0.4, -0.2) is 36.8 Å². The van der Waals surface area contributed by atoms with Crippen LogP contribution in [0.2, 0.25) is 0 Å². The smallest absolute Gasteiger partial charge is 0.136 e. The zero-order valence-electron chi connectivity index (χ0n) is 12.8. The standard InChI is InChI=1S/C15H26N4O/c1-4-16-13-11(2)14(17-9-5-6-10-20-3)19-15(18-13)12-7-8-12/h12H,4-10H2,1-3H3,(H2,16,17,18,19). The molecule has 1 aromatic rings. The Balaban J connectivity index is 2.01. The van der Waals surface area contributed by atoms with E-state index in [1.54, 1.807) is 7.11 Å². The molecule has 0 amide bonds. The summed E-state index contributed by atoms with van der Waals surface area (Å²) in [5.74, 6) is 3.52. The Morgan fingerprint density at radius 3 is 2.45 bits per heavy atom. The van der Waals surface area contributed by atoms with Gasteiger partial charge in [0.15, 0.2) is 0 Å². The molecule has 20 heavy (non-hydrogen) atoms. The molecule has 1 aliphatic carbocycles. The predicted octanol–water partition coefficient (Wildman–Crippen LogP) is 2.93. The minimum absolute atomic E-state index is 0.571. The summed E-state index contributed by atoms with van der Waals surface area (Å²) < 4.78 is 5.06. The first kappa shape index (κ1) is 15.0. The van der Waals surface area contributed by atoms with Gasteiger partial charge >= 0.3 is 0 Å². The molecule has 5 heteroatoms. The second kappa shape index (κ2) is 7.43. The third kappa shape index (κ3) is 4.07. The van der Waals surface area contributed by atoms with Gasteiger partial charge in [-0.2, -0.15) is 0 Å². The van der Waals surface area contributed by atoms with E-state index in [0.29, 0.717) is 5.92 Å². The van der Waals surface area contributed by atoms with E-state index in [1.165, 1.54) is 12.8 Å². The molecule has 0 atom stereocenters. The highest BCUT2D eigenvalue weighted by atomic mass is 16.5. The van der Waals surface area contributed by atoms with E-state index in [4.69, 9.17) is 9.72 Å². The van der Waals surface area contributed by atoms with Gasteiger partial charge in [-0.3, -0.25) is 0 Å². The quantitative estimate of drug-likeness (QED) is 0.680. The van der Waals surface area contributed by atoms with Crippen molar-refractivity contribution in [2.75, 3.05) is 37.4 Å². The van der Waals surface area contributed by atoms with Crippen molar-refractivity contribution >= 4 is 11.6 Å². The molecular formula is C15H26N4O. The highest BCUT2D eigenvalue weighted by Crippen LogP contribution is 2.39. The number of nitrogens with one attached hydrogen (secondary N) is 2. The van der Waals surface area contributed by atoms with Crippen molar-refractivity contribution in [1.82, 2.24) is 9.97 Å². The van der Waals surface area contributed by atoms with Crippen LogP contribution in [0.4, 0.5) is 11.6 Å². The lowest BCUT2D eigenvalue weighted by Gasteiger charge is -2.14. The van der Waals surface area contributed by atoms with Gasteiger partial charge in [0.1, 0.15) is 17.5 Å². The fraction of sp³-hybridized carbons (Fsp3) is 0.733. The predicted molar refractivity (Wildman–Crippen MR) is 82.5 cm³/mol. The second-order valence-corrected chi connectivity index (χ2v) is 5.34. The molecule has 1 heterocycles. The number of unbranched alkanes of at least 4 members (excludes halogenated alkanes) is 1. The van der Waals surface area contributed by atoms with E-state index in [2.05, 4.69) is 29.5 Å². The van der Waals surface area contributed by atoms with Gasteiger partial charge in [0.25, 0.3) is 0 Å². The normalized spacial score (nSPS) is 14.3. The van der Waals surface area contributed by atoms with Gasteiger partial charge in [0.05, 0.1) is 0 Å². The van der Waals surface area contributed by atoms with Gasteiger partial charge < -0.3 is 15.4 Å². The van der Waals surface area contributed by atoms with Gasteiger partial charge in [-0.05, 0) is 39.5 Å². The first-order chi connectivity index (χ1) is 9.76. The molecule has 1 fully saturated rings. The van der Waals surface area contributed by atoms with E-state index < -0.39 is 0 Å².